The molecule has 2 fully saturated rings. The van der Waals surface area contributed by atoms with Gasteiger partial charge in [0.15, 0.2) is 11.7 Å². The normalized spacial score (nSPS) is 31.9. The summed E-state index contributed by atoms with van der Waals surface area (Å²) in [6.07, 6.45) is 5.29. The van der Waals surface area contributed by atoms with Crippen LogP contribution in [0.15, 0.2) is 0 Å². The second-order valence-corrected chi connectivity index (χ2v) is 5.28. The smallest absolute Gasteiger partial charge is 0.244 e. The van der Waals surface area contributed by atoms with Gasteiger partial charge in [-0.25, -0.2) is 0 Å². The Kier molecular flexibility index (Phi) is 3.46. The number of nitriles is 1. The van der Waals surface area contributed by atoms with Crippen LogP contribution in [0.2, 0.25) is 0 Å². The van der Waals surface area contributed by atoms with E-state index < -0.39 is 11.8 Å². The Bertz CT molecular complexity index is 372. The molecular weight excluding hydrogens is 216 g/mol. The van der Waals surface area contributed by atoms with Gasteiger partial charge in [0.25, 0.3) is 0 Å². The summed E-state index contributed by atoms with van der Waals surface area (Å²) >= 11 is 0. The summed E-state index contributed by atoms with van der Waals surface area (Å²) in [7, 11) is 1.46. The summed E-state index contributed by atoms with van der Waals surface area (Å²) < 4.78 is 0. The minimum absolute atomic E-state index is 0.204. The molecule has 0 heterocycles. The van der Waals surface area contributed by atoms with E-state index >= 15 is 0 Å². The zero-order valence-corrected chi connectivity index (χ0v) is 10.1. The van der Waals surface area contributed by atoms with Gasteiger partial charge in [0.05, 0.1) is 6.07 Å². The van der Waals surface area contributed by atoms with Crippen LogP contribution in [0.5, 0.6) is 0 Å². The molecule has 1 N–H and O–H groups in total. The molecule has 4 heteroatoms. The number of amides is 1. The van der Waals surface area contributed by atoms with Crippen LogP contribution >= 0.6 is 0 Å². The van der Waals surface area contributed by atoms with Crippen molar-refractivity contribution in [2.75, 3.05) is 7.05 Å². The maximum atomic E-state index is 11.9. The molecule has 0 aliphatic heterocycles. The third kappa shape index (κ3) is 2.33. The van der Waals surface area contributed by atoms with Gasteiger partial charge in [0.2, 0.25) is 5.91 Å². The summed E-state index contributed by atoms with van der Waals surface area (Å²) in [4.78, 5) is 23.3. The molecule has 0 aromatic carbocycles. The number of hydrogen-bond donors (Lipinski definition) is 1. The van der Waals surface area contributed by atoms with Crippen LogP contribution < -0.4 is 5.32 Å². The number of Topliss-reactive ketones (excluding diaryl/α,β-unsaturated/α-hetero) is 1. The number of fused-ring (bicyclic) bond motifs is 2. The highest BCUT2D eigenvalue weighted by molar-refractivity contribution is 6.03. The summed E-state index contributed by atoms with van der Waals surface area (Å²) in [5, 5.41) is 11.2. The molecule has 2 rings (SSSR count). The first-order valence-electron chi connectivity index (χ1n) is 6.29. The molecule has 0 aromatic heterocycles. The third-order valence-electron chi connectivity index (χ3n) is 4.31. The van der Waals surface area contributed by atoms with Crippen LogP contribution in [0.25, 0.3) is 0 Å². The number of rotatable bonds is 4. The highest BCUT2D eigenvalue weighted by Gasteiger charge is 2.41. The molecule has 1 amide bonds. The van der Waals surface area contributed by atoms with E-state index in [0.717, 1.165) is 12.3 Å². The second-order valence-electron chi connectivity index (χ2n) is 5.28. The van der Waals surface area contributed by atoms with Crippen LogP contribution in [0.4, 0.5) is 0 Å². The molecule has 2 aliphatic carbocycles. The minimum Gasteiger partial charge on any atom is -0.358 e. The van der Waals surface area contributed by atoms with Crippen LogP contribution in [-0.2, 0) is 9.59 Å². The van der Waals surface area contributed by atoms with Gasteiger partial charge in [0, 0.05) is 13.5 Å². The van der Waals surface area contributed by atoms with E-state index in [1.165, 1.54) is 26.3 Å². The van der Waals surface area contributed by atoms with Gasteiger partial charge in [-0.15, -0.1) is 0 Å². The minimum atomic E-state index is -1.11. The molecule has 2 saturated carbocycles. The molecule has 2 bridgehead atoms. The highest BCUT2D eigenvalue weighted by atomic mass is 16.2. The first kappa shape index (κ1) is 12.1. The number of nitrogens with one attached hydrogen (secondary N) is 1. The molecule has 2 aliphatic rings. The molecule has 0 spiro atoms. The van der Waals surface area contributed by atoms with Crippen LogP contribution in [0.3, 0.4) is 0 Å². The molecule has 17 heavy (non-hydrogen) atoms. The van der Waals surface area contributed by atoms with Crippen LogP contribution in [-0.4, -0.2) is 18.7 Å². The molecule has 4 atom stereocenters. The lowest BCUT2D eigenvalue weighted by molar-refractivity contribution is -0.132. The molecular formula is C13H18N2O2. The number of carbonyl (C=O) groups excluding carboxylic acids is 2. The van der Waals surface area contributed by atoms with Gasteiger partial charge in [-0.3, -0.25) is 9.59 Å². The average Bonchev–Trinajstić information content (AvgIpc) is 2.91. The fourth-order valence-electron chi connectivity index (χ4n) is 3.42. The maximum absolute atomic E-state index is 11.9. The summed E-state index contributed by atoms with van der Waals surface area (Å²) in [5.41, 5.74) is 0. The Labute approximate surface area is 101 Å². The van der Waals surface area contributed by atoms with E-state index in [-0.39, 0.29) is 5.78 Å². The van der Waals surface area contributed by atoms with Gasteiger partial charge in [-0.2, -0.15) is 5.26 Å². The summed E-state index contributed by atoms with van der Waals surface area (Å²) in [6, 6.07) is 1.81. The van der Waals surface area contributed by atoms with Gasteiger partial charge in [0.1, 0.15) is 0 Å². The van der Waals surface area contributed by atoms with Crippen LogP contribution in [0, 0.1) is 35.0 Å². The Morgan fingerprint density at radius 1 is 1.41 bits per heavy atom. The van der Waals surface area contributed by atoms with Crippen molar-refractivity contribution < 1.29 is 9.59 Å². The molecule has 0 aromatic rings. The lowest BCUT2D eigenvalue weighted by Crippen LogP contribution is -2.33. The van der Waals surface area contributed by atoms with Crippen molar-refractivity contribution in [3.05, 3.63) is 0 Å². The fourth-order valence-corrected chi connectivity index (χ4v) is 3.42. The first-order valence-corrected chi connectivity index (χ1v) is 6.29. The lowest BCUT2D eigenvalue weighted by Gasteiger charge is -2.21. The van der Waals surface area contributed by atoms with Gasteiger partial charge < -0.3 is 5.32 Å². The Hall–Kier alpha value is -1.37. The number of carbonyl (C=O) groups is 2. The van der Waals surface area contributed by atoms with E-state index in [1.807, 2.05) is 6.07 Å². The van der Waals surface area contributed by atoms with E-state index in [9.17, 15) is 9.59 Å². The van der Waals surface area contributed by atoms with Gasteiger partial charge in [-0.05, 0) is 37.0 Å². The van der Waals surface area contributed by atoms with Crippen LogP contribution in [0.1, 0.15) is 32.1 Å². The Balaban J connectivity index is 1.92. The van der Waals surface area contributed by atoms with E-state index in [4.69, 9.17) is 5.26 Å². The predicted molar refractivity (Wildman–Crippen MR) is 61.7 cm³/mol. The Morgan fingerprint density at radius 2 is 2.18 bits per heavy atom. The highest BCUT2D eigenvalue weighted by Crippen LogP contribution is 2.49. The largest absolute Gasteiger partial charge is 0.358 e. The average molecular weight is 234 g/mol. The van der Waals surface area contributed by atoms with Gasteiger partial charge in [-0.1, -0.05) is 6.42 Å². The zero-order valence-electron chi connectivity index (χ0n) is 10.1. The van der Waals surface area contributed by atoms with Crippen molar-refractivity contribution in [3.8, 4) is 6.07 Å². The summed E-state index contributed by atoms with van der Waals surface area (Å²) in [5.74, 6) is 0.0808. The Morgan fingerprint density at radius 3 is 2.65 bits per heavy atom. The maximum Gasteiger partial charge on any atom is 0.244 e. The molecule has 0 unspecified atom stereocenters. The SMILES string of the molecule is CNC(=O)[C@H](C#N)C(=O)C[C@H]1C[C@H]2CC[C@H]1C2. The number of nitrogens with zero attached hydrogens (tertiary/aromatic N) is 1. The van der Waals surface area contributed by atoms with Crippen molar-refractivity contribution in [3.63, 3.8) is 0 Å². The summed E-state index contributed by atoms with van der Waals surface area (Å²) in [6.45, 7) is 0. The third-order valence-corrected chi connectivity index (χ3v) is 4.31. The molecule has 92 valence electrons. The number of ketones is 1. The topological polar surface area (TPSA) is 70.0 Å². The standard InChI is InChI=1S/C13H18N2O2/c1-15-13(17)11(7-14)12(16)6-10-5-8-2-3-9(10)4-8/h8-11H,2-6H2,1H3,(H,15,17)/t8-,9-,10+,11+/m0/s1. The second kappa shape index (κ2) is 4.87. The van der Waals surface area contributed by atoms with Crippen molar-refractivity contribution in [1.82, 2.24) is 5.32 Å². The fraction of sp³-hybridized carbons (Fsp3) is 0.769. The molecule has 0 radical (unpaired) electrons. The first-order chi connectivity index (χ1) is 8.15. The molecule has 0 saturated heterocycles. The van der Waals surface area contributed by atoms with Crippen molar-refractivity contribution in [2.45, 2.75) is 32.1 Å². The van der Waals surface area contributed by atoms with E-state index in [0.29, 0.717) is 18.3 Å². The van der Waals surface area contributed by atoms with Crippen molar-refractivity contribution in [1.29, 1.82) is 5.26 Å². The quantitative estimate of drug-likeness (QED) is 0.745. The predicted octanol–water partition coefficient (Wildman–Crippen LogP) is 1.27. The van der Waals surface area contributed by atoms with E-state index in [1.54, 1.807) is 0 Å². The van der Waals surface area contributed by atoms with Crippen molar-refractivity contribution >= 4 is 11.7 Å². The van der Waals surface area contributed by atoms with E-state index in [2.05, 4.69) is 5.32 Å². The number of hydrogen-bond acceptors (Lipinski definition) is 3. The van der Waals surface area contributed by atoms with Gasteiger partial charge >= 0.3 is 0 Å². The van der Waals surface area contributed by atoms with Crippen molar-refractivity contribution in [2.24, 2.45) is 23.7 Å². The zero-order chi connectivity index (χ0) is 12.4. The lowest BCUT2D eigenvalue weighted by atomic mass is 9.83. The molecule has 4 nitrogen and oxygen atoms in total. The monoisotopic (exact) mass is 234 g/mol.